The highest BCUT2D eigenvalue weighted by Crippen LogP contribution is 2.33. The average molecular weight is 253 g/mol. The maximum absolute atomic E-state index is 6.16. The summed E-state index contributed by atoms with van der Waals surface area (Å²) < 4.78 is 0. The molecule has 0 fully saturated rings. The fourth-order valence-corrected chi connectivity index (χ4v) is 3.10. The van der Waals surface area contributed by atoms with Gasteiger partial charge in [-0.1, -0.05) is 42.3 Å². The first-order chi connectivity index (χ1) is 8.90. The first-order valence-corrected chi connectivity index (χ1v) is 6.84. The Kier molecular flexibility index (Phi) is 3.66. The van der Waals surface area contributed by atoms with E-state index in [2.05, 4.69) is 58.9 Å². The number of hydrogen-bond donors (Lipinski definition) is 1. The summed E-state index contributed by atoms with van der Waals surface area (Å²) in [6, 6.07) is 10.8. The first-order valence-electron chi connectivity index (χ1n) is 6.84. The van der Waals surface area contributed by atoms with Crippen LogP contribution in [0.3, 0.4) is 0 Å². The molecule has 1 atom stereocenters. The van der Waals surface area contributed by atoms with Crippen LogP contribution in [0.2, 0.25) is 0 Å². The highest BCUT2D eigenvalue weighted by molar-refractivity contribution is 5.55. The lowest BCUT2D eigenvalue weighted by Gasteiger charge is -2.21. The van der Waals surface area contributed by atoms with E-state index in [1.54, 1.807) is 0 Å². The highest BCUT2D eigenvalue weighted by atomic mass is 14.6. The molecule has 2 rings (SSSR count). The molecule has 0 saturated carbocycles. The number of rotatable bonds is 2. The van der Waals surface area contributed by atoms with E-state index in [1.165, 1.54) is 33.4 Å². The lowest BCUT2D eigenvalue weighted by atomic mass is 9.85. The van der Waals surface area contributed by atoms with E-state index in [1.807, 2.05) is 6.07 Å². The molecule has 0 aliphatic heterocycles. The van der Waals surface area contributed by atoms with Gasteiger partial charge in [-0.25, -0.2) is 0 Å². The Labute approximate surface area is 116 Å². The van der Waals surface area contributed by atoms with Gasteiger partial charge in [0.1, 0.15) is 0 Å². The second-order valence-electron chi connectivity index (χ2n) is 5.67. The van der Waals surface area contributed by atoms with Crippen LogP contribution in [0.5, 0.6) is 0 Å². The summed E-state index contributed by atoms with van der Waals surface area (Å²) >= 11 is 0. The molecule has 0 radical (unpaired) electrons. The zero-order valence-electron chi connectivity index (χ0n) is 12.5. The second kappa shape index (κ2) is 5.08. The minimum absolute atomic E-state index is 0.334. The van der Waals surface area contributed by atoms with Crippen LogP contribution in [0.1, 0.15) is 46.2 Å². The van der Waals surface area contributed by atoms with Gasteiger partial charge in [-0.2, -0.15) is 0 Å². The molecule has 1 nitrogen and oxygen atoms in total. The third kappa shape index (κ3) is 2.65. The number of benzene rings is 2. The molecule has 100 valence electrons. The van der Waals surface area contributed by atoms with Crippen molar-refractivity contribution in [2.45, 2.75) is 40.5 Å². The van der Waals surface area contributed by atoms with Crippen LogP contribution in [0.25, 0.3) is 0 Å². The van der Waals surface area contributed by atoms with Crippen molar-refractivity contribution in [3.8, 4) is 0 Å². The van der Waals surface area contributed by atoms with Crippen molar-refractivity contribution in [1.29, 1.82) is 0 Å². The van der Waals surface area contributed by atoms with Crippen LogP contribution >= 0.6 is 0 Å². The third-order valence-corrected chi connectivity index (χ3v) is 3.88. The van der Waals surface area contributed by atoms with Crippen LogP contribution in [-0.2, 0) is 0 Å². The Hall–Kier alpha value is -1.76. The van der Waals surface area contributed by atoms with Gasteiger partial charge < -0.3 is 5.73 Å². The van der Waals surface area contributed by atoms with Crippen LogP contribution in [0.15, 0.2) is 30.3 Å². The van der Waals surface area contributed by atoms with E-state index in [4.69, 9.17) is 5.73 Å². The van der Waals surface area contributed by atoms with E-state index in [0.717, 1.165) is 5.69 Å². The topological polar surface area (TPSA) is 26.0 Å². The monoisotopic (exact) mass is 253 g/mol. The molecular weight excluding hydrogens is 230 g/mol. The number of aryl methyl sites for hydroxylation is 4. The molecule has 2 N–H and O–H groups in total. The van der Waals surface area contributed by atoms with Gasteiger partial charge in [-0.05, 0) is 56.0 Å². The van der Waals surface area contributed by atoms with Crippen molar-refractivity contribution in [2.24, 2.45) is 0 Å². The van der Waals surface area contributed by atoms with Gasteiger partial charge in [0.2, 0.25) is 0 Å². The maximum Gasteiger partial charge on any atom is 0.0352 e. The summed E-state index contributed by atoms with van der Waals surface area (Å²) in [7, 11) is 0. The quantitative estimate of drug-likeness (QED) is 0.774. The molecular formula is C18H23N. The molecule has 0 aliphatic rings. The molecule has 0 aromatic heterocycles. The number of nitrogens with two attached hydrogens (primary N) is 1. The van der Waals surface area contributed by atoms with Crippen molar-refractivity contribution in [3.63, 3.8) is 0 Å². The smallest absolute Gasteiger partial charge is 0.0352 e. The minimum atomic E-state index is 0.334. The number of hydrogen-bond acceptors (Lipinski definition) is 1. The lowest BCUT2D eigenvalue weighted by molar-refractivity contribution is 0.897. The molecule has 1 unspecified atom stereocenters. The number of nitrogen functional groups attached to an aromatic ring is 1. The van der Waals surface area contributed by atoms with Crippen LogP contribution in [0.4, 0.5) is 5.69 Å². The van der Waals surface area contributed by atoms with E-state index in [0.29, 0.717) is 5.92 Å². The molecule has 0 amide bonds. The molecule has 0 spiro atoms. The van der Waals surface area contributed by atoms with Crippen molar-refractivity contribution < 1.29 is 0 Å². The molecule has 0 saturated heterocycles. The normalized spacial score (nSPS) is 12.5. The van der Waals surface area contributed by atoms with Gasteiger partial charge in [0.25, 0.3) is 0 Å². The Balaban J connectivity index is 2.56. The highest BCUT2D eigenvalue weighted by Gasteiger charge is 2.16. The van der Waals surface area contributed by atoms with Gasteiger partial charge in [0, 0.05) is 11.6 Å². The van der Waals surface area contributed by atoms with Crippen molar-refractivity contribution >= 4 is 5.69 Å². The Morgan fingerprint density at radius 3 is 2.00 bits per heavy atom. The molecule has 19 heavy (non-hydrogen) atoms. The van der Waals surface area contributed by atoms with Gasteiger partial charge in [0.05, 0.1) is 0 Å². The predicted molar refractivity (Wildman–Crippen MR) is 83.8 cm³/mol. The molecule has 1 heteroatoms. The number of anilines is 1. The second-order valence-corrected chi connectivity index (χ2v) is 5.67. The molecule has 2 aromatic carbocycles. The predicted octanol–water partition coefficient (Wildman–Crippen LogP) is 4.65. The van der Waals surface area contributed by atoms with E-state index in [9.17, 15) is 0 Å². The molecule has 0 heterocycles. The largest absolute Gasteiger partial charge is 0.398 e. The van der Waals surface area contributed by atoms with Crippen molar-refractivity contribution in [1.82, 2.24) is 0 Å². The Morgan fingerprint density at radius 2 is 1.42 bits per heavy atom. The van der Waals surface area contributed by atoms with Crippen molar-refractivity contribution in [2.75, 3.05) is 5.73 Å². The lowest BCUT2D eigenvalue weighted by Crippen LogP contribution is -2.05. The van der Waals surface area contributed by atoms with Crippen LogP contribution < -0.4 is 5.73 Å². The zero-order chi connectivity index (χ0) is 14.2. The van der Waals surface area contributed by atoms with E-state index >= 15 is 0 Å². The summed E-state index contributed by atoms with van der Waals surface area (Å²) in [5.41, 5.74) is 15.0. The standard InChI is InChI=1S/C18H23N/c1-11-6-7-17(19)16(10-11)15(5)18-13(3)8-12(2)9-14(18)4/h6-10,15H,19H2,1-5H3. The summed E-state index contributed by atoms with van der Waals surface area (Å²) in [6.07, 6.45) is 0. The summed E-state index contributed by atoms with van der Waals surface area (Å²) in [5, 5.41) is 0. The Morgan fingerprint density at radius 1 is 0.842 bits per heavy atom. The van der Waals surface area contributed by atoms with Gasteiger partial charge in [0.15, 0.2) is 0 Å². The summed E-state index contributed by atoms with van der Waals surface area (Å²) in [6.45, 7) is 10.9. The average Bonchev–Trinajstić information content (AvgIpc) is 2.30. The van der Waals surface area contributed by atoms with Gasteiger partial charge in [-0.3, -0.25) is 0 Å². The molecule has 0 aliphatic carbocycles. The molecule has 2 aromatic rings. The van der Waals surface area contributed by atoms with E-state index < -0.39 is 0 Å². The van der Waals surface area contributed by atoms with Crippen LogP contribution in [0, 0.1) is 27.7 Å². The summed E-state index contributed by atoms with van der Waals surface area (Å²) in [4.78, 5) is 0. The van der Waals surface area contributed by atoms with Gasteiger partial charge >= 0.3 is 0 Å². The Bertz CT molecular complexity index is 588. The maximum atomic E-state index is 6.16. The zero-order valence-corrected chi connectivity index (χ0v) is 12.5. The third-order valence-electron chi connectivity index (χ3n) is 3.88. The molecule has 0 bridgehead atoms. The fraction of sp³-hybridized carbons (Fsp3) is 0.333. The first kappa shape index (κ1) is 13.7. The minimum Gasteiger partial charge on any atom is -0.398 e. The van der Waals surface area contributed by atoms with Crippen LogP contribution in [-0.4, -0.2) is 0 Å². The van der Waals surface area contributed by atoms with Gasteiger partial charge in [-0.15, -0.1) is 0 Å². The fourth-order valence-electron chi connectivity index (χ4n) is 3.10. The van der Waals surface area contributed by atoms with E-state index in [-0.39, 0.29) is 0 Å². The summed E-state index contributed by atoms with van der Waals surface area (Å²) in [5.74, 6) is 0.334. The van der Waals surface area contributed by atoms with Crippen molar-refractivity contribution in [3.05, 3.63) is 63.7 Å². The SMILES string of the molecule is Cc1cc(C)c(C(C)c2cc(C)ccc2N)c(C)c1.